The molecule has 1 aromatic rings. The van der Waals surface area contributed by atoms with E-state index in [0.29, 0.717) is 5.56 Å². The molecule has 1 atom stereocenters. The van der Waals surface area contributed by atoms with Gasteiger partial charge in [-0.15, -0.1) is 0 Å². The summed E-state index contributed by atoms with van der Waals surface area (Å²) in [6, 6.07) is 0. The monoisotopic (exact) mass is 233 g/mol. The normalized spacial score (nSPS) is 19.6. The maximum atomic E-state index is 13.8. The van der Waals surface area contributed by atoms with Crippen LogP contribution in [-0.4, -0.2) is 10.1 Å². The molecular formula is C14H16FNO. The second-order valence-corrected chi connectivity index (χ2v) is 4.80. The quantitative estimate of drug-likeness (QED) is 0.851. The van der Waals surface area contributed by atoms with Gasteiger partial charge in [-0.05, 0) is 25.8 Å². The number of allylic oxidation sites excluding steroid dienone is 4. The van der Waals surface area contributed by atoms with Crippen molar-refractivity contribution in [1.29, 1.82) is 0 Å². The molecule has 1 aromatic heterocycles. The van der Waals surface area contributed by atoms with E-state index in [1.807, 2.05) is 24.3 Å². The van der Waals surface area contributed by atoms with Crippen molar-refractivity contribution < 1.29 is 9.50 Å². The fourth-order valence-corrected chi connectivity index (χ4v) is 2.19. The molecule has 90 valence electrons. The predicted octanol–water partition coefficient (Wildman–Crippen LogP) is 3.05. The highest BCUT2D eigenvalue weighted by molar-refractivity contribution is 5.37. The zero-order chi connectivity index (χ0) is 12.5. The summed E-state index contributed by atoms with van der Waals surface area (Å²) in [4.78, 5) is 3.89. The van der Waals surface area contributed by atoms with Crippen LogP contribution in [0.15, 0.2) is 36.7 Å². The highest BCUT2D eigenvalue weighted by Crippen LogP contribution is 2.34. The molecule has 1 aliphatic rings. The van der Waals surface area contributed by atoms with Crippen molar-refractivity contribution in [3.63, 3.8) is 0 Å². The fraction of sp³-hybridized carbons (Fsp3) is 0.357. The van der Waals surface area contributed by atoms with Gasteiger partial charge in [0.15, 0.2) is 0 Å². The largest absolute Gasteiger partial charge is 0.386 e. The van der Waals surface area contributed by atoms with Crippen LogP contribution in [0.25, 0.3) is 0 Å². The third kappa shape index (κ3) is 2.44. The van der Waals surface area contributed by atoms with Crippen LogP contribution in [0.3, 0.4) is 0 Å². The first-order chi connectivity index (χ1) is 8.00. The van der Waals surface area contributed by atoms with Gasteiger partial charge in [0.25, 0.3) is 0 Å². The summed E-state index contributed by atoms with van der Waals surface area (Å²) in [6.07, 6.45) is 11.5. The zero-order valence-electron chi connectivity index (χ0n) is 10.0. The number of aromatic nitrogens is 1. The summed E-state index contributed by atoms with van der Waals surface area (Å²) in [5.41, 5.74) is -0.0901. The Labute approximate surface area is 101 Å². The lowest BCUT2D eigenvalue weighted by atomic mass is 9.84. The molecule has 2 rings (SSSR count). The molecule has 0 aromatic carbocycles. The van der Waals surface area contributed by atoms with Crippen molar-refractivity contribution in [2.45, 2.75) is 31.8 Å². The van der Waals surface area contributed by atoms with Crippen molar-refractivity contribution in [1.82, 2.24) is 4.98 Å². The molecule has 0 amide bonds. The van der Waals surface area contributed by atoms with E-state index < -0.39 is 11.4 Å². The molecule has 0 fully saturated rings. The second-order valence-electron chi connectivity index (χ2n) is 4.80. The Hall–Kier alpha value is -1.48. The average Bonchev–Trinajstić information content (AvgIpc) is 2.28. The Morgan fingerprint density at radius 2 is 2.12 bits per heavy atom. The van der Waals surface area contributed by atoms with Crippen LogP contribution in [0.4, 0.5) is 4.39 Å². The van der Waals surface area contributed by atoms with Crippen LogP contribution < -0.4 is 0 Å². The molecule has 0 bridgehead atoms. The minimum absolute atomic E-state index is 0.0876. The minimum atomic E-state index is -1.20. The van der Waals surface area contributed by atoms with Crippen LogP contribution in [0.1, 0.15) is 37.3 Å². The average molecular weight is 233 g/mol. The number of pyridine rings is 1. The van der Waals surface area contributed by atoms with Crippen LogP contribution in [0, 0.1) is 5.82 Å². The summed E-state index contributed by atoms with van der Waals surface area (Å²) in [5, 5.41) is 10.1. The summed E-state index contributed by atoms with van der Waals surface area (Å²) in [5.74, 6) is -0.359. The molecule has 17 heavy (non-hydrogen) atoms. The molecule has 1 heterocycles. The summed E-state index contributed by atoms with van der Waals surface area (Å²) >= 11 is 0. The maximum Gasteiger partial charge on any atom is 0.147 e. The lowest BCUT2D eigenvalue weighted by Gasteiger charge is -2.25. The van der Waals surface area contributed by atoms with Crippen LogP contribution in [0.2, 0.25) is 0 Å². The van der Waals surface area contributed by atoms with Crippen molar-refractivity contribution in [2.75, 3.05) is 0 Å². The molecule has 1 unspecified atom stereocenters. The van der Waals surface area contributed by atoms with E-state index in [1.54, 1.807) is 20.0 Å². The molecule has 1 aliphatic carbocycles. The Morgan fingerprint density at radius 1 is 1.35 bits per heavy atom. The third-order valence-electron chi connectivity index (χ3n) is 2.92. The van der Waals surface area contributed by atoms with Gasteiger partial charge >= 0.3 is 0 Å². The van der Waals surface area contributed by atoms with Crippen molar-refractivity contribution >= 4 is 0 Å². The number of rotatable bonds is 2. The Bertz CT molecular complexity index is 472. The first-order valence-electron chi connectivity index (χ1n) is 5.69. The van der Waals surface area contributed by atoms with E-state index in [-0.39, 0.29) is 5.92 Å². The Balaban J connectivity index is 2.50. The minimum Gasteiger partial charge on any atom is -0.386 e. The molecule has 0 saturated heterocycles. The smallest absolute Gasteiger partial charge is 0.147 e. The topological polar surface area (TPSA) is 33.1 Å². The summed E-state index contributed by atoms with van der Waals surface area (Å²) in [7, 11) is 0. The van der Waals surface area contributed by atoms with E-state index in [9.17, 15) is 9.50 Å². The van der Waals surface area contributed by atoms with Gasteiger partial charge in [0.2, 0.25) is 0 Å². The molecular weight excluding hydrogens is 217 g/mol. The van der Waals surface area contributed by atoms with Crippen molar-refractivity contribution in [3.05, 3.63) is 53.6 Å². The number of nitrogens with zero attached hydrogens (tertiary/aromatic N) is 1. The Morgan fingerprint density at radius 3 is 2.71 bits per heavy atom. The molecule has 0 spiro atoms. The van der Waals surface area contributed by atoms with E-state index in [2.05, 4.69) is 4.98 Å². The Kier molecular flexibility index (Phi) is 3.11. The van der Waals surface area contributed by atoms with Gasteiger partial charge in [-0.2, -0.15) is 0 Å². The highest BCUT2D eigenvalue weighted by atomic mass is 19.1. The number of halogens is 1. The SMILES string of the molecule is CC(C)(O)c1c(F)cncc1C1C=CC=CC1. The molecule has 1 N–H and O–H groups in total. The van der Waals surface area contributed by atoms with Crippen LogP contribution in [0.5, 0.6) is 0 Å². The lowest BCUT2D eigenvalue weighted by Crippen LogP contribution is -2.21. The number of hydrogen-bond acceptors (Lipinski definition) is 2. The van der Waals surface area contributed by atoms with E-state index >= 15 is 0 Å². The van der Waals surface area contributed by atoms with E-state index in [4.69, 9.17) is 0 Å². The van der Waals surface area contributed by atoms with Crippen molar-refractivity contribution in [3.8, 4) is 0 Å². The van der Waals surface area contributed by atoms with Gasteiger partial charge in [-0.25, -0.2) is 4.39 Å². The fourth-order valence-electron chi connectivity index (χ4n) is 2.19. The first-order valence-corrected chi connectivity index (χ1v) is 5.69. The lowest BCUT2D eigenvalue weighted by molar-refractivity contribution is 0.0731. The maximum absolute atomic E-state index is 13.8. The van der Waals surface area contributed by atoms with E-state index in [1.165, 1.54) is 0 Å². The molecule has 3 heteroatoms. The predicted molar refractivity (Wildman–Crippen MR) is 65.1 cm³/mol. The first kappa shape index (κ1) is 12.0. The molecule has 2 nitrogen and oxygen atoms in total. The molecule has 0 aliphatic heterocycles. The highest BCUT2D eigenvalue weighted by Gasteiger charge is 2.27. The standard InChI is InChI=1S/C14H16FNO/c1-14(2,17)13-11(8-16-9-12(13)15)10-6-4-3-5-7-10/h3-6,8-10,17H,7H2,1-2H3. The zero-order valence-corrected chi connectivity index (χ0v) is 10.0. The van der Waals surface area contributed by atoms with Crippen molar-refractivity contribution in [2.24, 2.45) is 0 Å². The van der Waals surface area contributed by atoms with Crippen LogP contribution >= 0.6 is 0 Å². The van der Waals surface area contributed by atoms with Gasteiger partial charge in [-0.3, -0.25) is 4.98 Å². The molecule has 0 saturated carbocycles. The van der Waals surface area contributed by atoms with Crippen LogP contribution in [-0.2, 0) is 5.60 Å². The second kappa shape index (κ2) is 4.41. The number of aliphatic hydroxyl groups is 1. The summed E-state index contributed by atoms with van der Waals surface area (Å²) in [6.45, 7) is 3.19. The van der Waals surface area contributed by atoms with Gasteiger partial charge in [0.05, 0.1) is 11.8 Å². The number of hydrogen-bond donors (Lipinski definition) is 1. The summed E-state index contributed by atoms with van der Waals surface area (Å²) < 4.78 is 13.8. The molecule has 0 radical (unpaired) electrons. The van der Waals surface area contributed by atoms with Gasteiger partial charge in [0, 0.05) is 17.7 Å². The van der Waals surface area contributed by atoms with Gasteiger partial charge in [0.1, 0.15) is 5.82 Å². The van der Waals surface area contributed by atoms with Gasteiger partial charge < -0.3 is 5.11 Å². The third-order valence-corrected chi connectivity index (χ3v) is 2.92. The van der Waals surface area contributed by atoms with E-state index in [0.717, 1.165) is 18.2 Å². The van der Waals surface area contributed by atoms with Gasteiger partial charge in [-0.1, -0.05) is 24.3 Å².